The van der Waals surface area contributed by atoms with Crippen LogP contribution in [0, 0.1) is 6.92 Å². The summed E-state index contributed by atoms with van der Waals surface area (Å²) >= 11 is 5.47. The van der Waals surface area contributed by atoms with Crippen molar-refractivity contribution in [3.8, 4) is 0 Å². The van der Waals surface area contributed by atoms with Gasteiger partial charge in [-0.1, -0.05) is 16.8 Å². The van der Waals surface area contributed by atoms with E-state index in [4.69, 9.17) is 16.1 Å². The molecule has 1 heterocycles. The summed E-state index contributed by atoms with van der Waals surface area (Å²) in [7, 11) is -4.38. The monoisotopic (exact) mass is 396 g/mol. The Morgan fingerprint density at radius 3 is 2.48 bits per heavy atom. The summed E-state index contributed by atoms with van der Waals surface area (Å²) in [6, 6.07) is 3.50. The van der Waals surface area contributed by atoms with Gasteiger partial charge in [-0.15, -0.1) is 0 Å². The summed E-state index contributed by atoms with van der Waals surface area (Å²) < 4.78 is 68.3. The molecule has 0 radical (unpaired) electrons. The Hall–Kier alpha value is -2.07. The molecule has 0 spiro atoms. The molecule has 136 valence electrons. The van der Waals surface area contributed by atoms with Crippen molar-refractivity contribution in [3.05, 3.63) is 40.6 Å². The average Bonchev–Trinajstić information content (AvgIpc) is 2.90. The van der Waals surface area contributed by atoms with Crippen LogP contribution in [0.15, 0.2) is 33.7 Å². The molecule has 1 aromatic carbocycles. The number of hydrogen-bond acceptors (Lipinski definition) is 5. The van der Waals surface area contributed by atoms with Crippen LogP contribution in [0.1, 0.15) is 18.2 Å². The smallest absolute Gasteiger partial charge is 0.360 e. The van der Waals surface area contributed by atoms with Crippen molar-refractivity contribution in [2.45, 2.75) is 30.2 Å². The Labute approximate surface area is 145 Å². The normalized spacial score (nSPS) is 13.5. The minimum Gasteiger partial charge on any atom is -0.360 e. The van der Waals surface area contributed by atoms with Gasteiger partial charge < -0.3 is 9.84 Å². The molecule has 0 aliphatic carbocycles. The number of alkyl halides is 3. The summed E-state index contributed by atoms with van der Waals surface area (Å²) in [5.41, 5.74) is -1.30. The maximum Gasteiger partial charge on any atom is 0.417 e. The fourth-order valence-corrected chi connectivity index (χ4v) is 3.41. The van der Waals surface area contributed by atoms with Gasteiger partial charge in [-0.05, 0) is 32.0 Å². The van der Waals surface area contributed by atoms with Gasteiger partial charge in [-0.2, -0.15) is 13.2 Å². The largest absolute Gasteiger partial charge is 0.417 e. The van der Waals surface area contributed by atoms with Gasteiger partial charge in [0.25, 0.3) is 0 Å². The van der Waals surface area contributed by atoms with Crippen LogP contribution in [-0.2, 0) is 20.8 Å². The number of nitrogens with zero attached hydrogens (tertiary/aromatic N) is 1. The molecule has 6 nitrogen and oxygen atoms in total. The molecule has 0 aliphatic heterocycles. The van der Waals surface area contributed by atoms with E-state index in [0.29, 0.717) is 11.8 Å². The molecular formula is C14H12ClF3N2O4S. The summed E-state index contributed by atoms with van der Waals surface area (Å²) in [5.74, 6) is -0.577. The third-order valence-corrected chi connectivity index (χ3v) is 5.67. The zero-order chi connectivity index (χ0) is 19.0. The third-order valence-electron chi connectivity index (χ3n) is 3.29. The van der Waals surface area contributed by atoms with Gasteiger partial charge in [-0.3, -0.25) is 4.79 Å². The number of anilines is 1. The number of carbonyl (C=O) groups is 1. The lowest BCUT2D eigenvalue weighted by Gasteiger charge is -2.15. The van der Waals surface area contributed by atoms with Gasteiger partial charge in [0, 0.05) is 6.07 Å². The number of amides is 1. The minimum atomic E-state index is -4.83. The molecule has 1 N–H and O–H groups in total. The van der Waals surface area contributed by atoms with Crippen molar-refractivity contribution in [1.82, 2.24) is 5.16 Å². The average molecular weight is 397 g/mol. The van der Waals surface area contributed by atoms with Crippen LogP contribution < -0.4 is 5.32 Å². The van der Waals surface area contributed by atoms with E-state index in [0.717, 1.165) is 19.1 Å². The second-order valence-corrected chi connectivity index (χ2v) is 7.81. The lowest BCUT2D eigenvalue weighted by molar-refractivity contribution is -0.137. The number of halogens is 4. The number of aryl methyl sites for hydroxylation is 1. The first kappa shape index (κ1) is 19.3. The highest BCUT2D eigenvalue weighted by Gasteiger charge is 2.36. The van der Waals surface area contributed by atoms with Crippen molar-refractivity contribution in [3.63, 3.8) is 0 Å². The first-order valence-electron chi connectivity index (χ1n) is 6.77. The number of carbonyl (C=O) groups excluding carboxylic acids is 1. The highest BCUT2D eigenvalue weighted by Crippen LogP contribution is 2.36. The number of aromatic nitrogens is 1. The van der Waals surface area contributed by atoms with E-state index >= 15 is 0 Å². The minimum absolute atomic E-state index is 0.00311. The standard InChI is InChI=1S/C14H12ClF3N2O4S/c1-7-5-12(20-24-7)19-13(21)8(2)25(22,23)9-3-4-11(15)10(6-9)14(16,17)18/h3-6,8H,1-2H3,(H,19,20,21)/t8-/m1/s1. The Kier molecular flexibility index (Phi) is 5.14. The lowest BCUT2D eigenvalue weighted by atomic mass is 10.2. The van der Waals surface area contributed by atoms with Gasteiger partial charge in [0.2, 0.25) is 5.91 Å². The molecule has 25 heavy (non-hydrogen) atoms. The molecule has 0 saturated heterocycles. The quantitative estimate of drug-likeness (QED) is 0.854. The maximum atomic E-state index is 12.9. The number of rotatable bonds is 4. The van der Waals surface area contributed by atoms with Crippen molar-refractivity contribution in [2.75, 3.05) is 5.32 Å². The van der Waals surface area contributed by atoms with Crippen LogP contribution in [-0.4, -0.2) is 24.7 Å². The van der Waals surface area contributed by atoms with Gasteiger partial charge in [-0.25, -0.2) is 8.42 Å². The van der Waals surface area contributed by atoms with Crippen LogP contribution in [0.4, 0.5) is 19.0 Å². The molecule has 0 fully saturated rings. The van der Waals surface area contributed by atoms with Gasteiger partial charge >= 0.3 is 6.18 Å². The number of benzene rings is 1. The second kappa shape index (κ2) is 6.68. The molecule has 0 saturated carbocycles. The molecule has 1 aromatic heterocycles. The highest BCUT2D eigenvalue weighted by molar-refractivity contribution is 7.92. The Morgan fingerprint density at radius 1 is 1.32 bits per heavy atom. The number of hydrogen-bond donors (Lipinski definition) is 1. The molecule has 0 bridgehead atoms. The Bertz CT molecular complexity index is 909. The summed E-state index contributed by atoms with van der Waals surface area (Å²) in [6.45, 7) is 2.62. The molecule has 0 aliphatic rings. The fraction of sp³-hybridized carbons (Fsp3) is 0.286. The van der Waals surface area contributed by atoms with E-state index < -0.39 is 42.7 Å². The zero-order valence-corrected chi connectivity index (χ0v) is 14.5. The zero-order valence-electron chi connectivity index (χ0n) is 12.9. The molecule has 2 rings (SSSR count). The van der Waals surface area contributed by atoms with Crippen LogP contribution in [0.2, 0.25) is 5.02 Å². The maximum absolute atomic E-state index is 12.9. The van der Waals surface area contributed by atoms with Gasteiger partial charge in [0.05, 0.1) is 15.5 Å². The van der Waals surface area contributed by atoms with Crippen LogP contribution in [0.25, 0.3) is 0 Å². The van der Waals surface area contributed by atoms with E-state index in [1.165, 1.54) is 6.07 Å². The van der Waals surface area contributed by atoms with Crippen molar-refractivity contribution >= 4 is 33.2 Å². The predicted octanol–water partition coefficient (Wildman–Crippen LogP) is 3.46. The molecule has 11 heteroatoms. The Balaban J connectivity index is 2.32. The molecule has 2 aromatic rings. The summed E-state index contributed by atoms with van der Waals surface area (Å²) in [5, 5.41) is 3.41. The second-order valence-electron chi connectivity index (χ2n) is 5.14. The summed E-state index contributed by atoms with van der Waals surface area (Å²) in [6.07, 6.45) is -4.83. The van der Waals surface area contributed by atoms with Crippen LogP contribution in [0.5, 0.6) is 0 Å². The number of nitrogens with one attached hydrogen (secondary N) is 1. The molecule has 0 unspecified atom stereocenters. The Morgan fingerprint density at radius 2 is 1.96 bits per heavy atom. The SMILES string of the molecule is Cc1cc(NC(=O)[C@@H](C)S(=O)(=O)c2ccc(Cl)c(C(F)(F)F)c2)no1. The predicted molar refractivity (Wildman–Crippen MR) is 83.0 cm³/mol. The van der Waals surface area contributed by atoms with Crippen LogP contribution in [0.3, 0.4) is 0 Å². The van der Waals surface area contributed by atoms with E-state index in [1.807, 2.05) is 0 Å². The number of sulfone groups is 1. The highest BCUT2D eigenvalue weighted by atomic mass is 35.5. The van der Waals surface area contributed by atoms with Crippen molar-refractivity contribution in [2.24, 2.45) is 0 Å². The van der Waals surface area contributed by atoms with Crippen LogP contribution >= 0.6 is 11.6 Å². The first-order valence-corrected chi connectivity index (χ1v) is 8.70. The van der Waals surface area contributed by atoms with E-state index in [1.54, 1.807) is 6.92 Å². The first-order chi connectivity index (χ1) is 11.4. The molecule has 1 atom stereocenters. The molecule has 1 amide bonds. The van der Waals surface area contributed by atoms with Gasteiger partial charge in [0.1, 0.15) is 11.0 Å². The third kappa shape index (κ3) is 4.13. The van der Waals surface area contributed by atoms with E-state index in [-0.39, 0.29) is 5.82 Å². The summed E-state index contributed by atoms with van der Waals surface area (Å²) in [4.78, 5) is 11.4. The van der Waals surface area contributed by atoms with Gasteiger partial charge in [0.15, 0.2) is 15.7 Å². The van der Waals surface area contributed by atoms with E-state index in [9.17, 15) is 26.4 Å². The lowest BCUT2D eigenvalue weighted by Crippen LogP contribution is -2.32. The van der Waals surface area contributed by atoms with Crippen molar-refractivity contribution < 1.29 is 30.9 Å². The fourth-order valence-electron chi connectivity index (χ4n) is 1.90. The van der Waals surface area contributed by atoms with Crippen molar-refractivity contribution in [1.29, 1.82) is 0 Å². The van der Waals surface area contributed by atoms with E-state index in [2.05, 4.69) is 10.5 Å². The molecular weight excluding hydrogens is 385 g/mol. The topological polar surface area (TPSA) is 89.3 Å².